The van der Waals surface area contributed by atoms with Gasteiger partial charge >= 0.3 is 0 Å². The van der Waals surface area contributed by atoms with Crippen molar-refractivity contribution in [1.29, 1.82) is 0 Å². The zero-order valence-corrected chi connectivity index (χ0v) is 10.0. The average molecular weight is 240 g/mol. The highest BCUT2D eigenvalue weighted by atomic mass is 32.2. The van der Waals surface area contributed by atoms with E-state index in [0.717, 1.165) is 5.69 Å². The van der Waals surface area contributed by atoms with Crippen LogP contribution in [0.5, 0.6) is 0 Å². The molecule has 1 heterocycles. The highest BCUT2D eigenvalue weighted by molar-refractivity contribution is 8.09. The number of hydrogen-bond acceptors (Lipinski definition) is 3. The minimum absolute atomic E-state index is 1.15. The van der Waals surface area contributed by atoms with Crippen LogP contribution in [0.15, 0.2) is 66.9 Å². The van der Waals surface area contributed by atoms with Crippen LogP contribution in [0.1, 0.15) is 5.56 Å². The van der Waals surface area contributed by atoms with Crippen molar-refractivity contribution < 1.29 is 0 Å². The smallest absolute Gasteiger partial charge is 0.0704 e. The second kappa shape index (κ2) is 4.55. The van der Waals surface area contributed by atoms with E-state index in [-0.39, 0.29) is 0 Å². The monoisotopic (exact) mass is 240 g/mol. The fraction of sp³-hybridized carbons (Fsp3) is 0. The van der Waals surface area contributed by atoms with Gasteiger partial charge in [-0.1, -0.05) is 48.5 Å². The molecule has 17 heavy (non-hydrogen) atoms. The normalized spacial score (nSPS) is 14.4. The molecule has 0 radical (unpaired) electrons. The van der Waals surface area contributed by atoms with Gasteiger partial charge in [0.25, 0.3) is 0 Å². The Morgan fingerprint density at radius 2 is 1.47 bits per heavy atom. The number of benzene rings is 2. The molecule has 2 aromatic carbocycles. The van der Waals surface area contributed by atoms with Gasteiger partial charge in [0.05, 0.1) is 10.6 Å². The van der Waals surface area contributed by atoms with Gasteiger partial charge in [0.1, 0.15) is 0 Å². The molecule has 0 bridgehead atoms. The third-order valence-corrected chi connectivity index (χ3v) is 3.60. The van der Waals surface area contributed by atoms with Gasteiger partial charge in [-0.2, -0.15) is 0 Å². The molecule has 0 atom stereocenters. The van der Waals surface area contributed by atoms with E-state index in [2.05, 4.69) is 46.2 Å². The zero-order valence-electron chi connectivity index (χ0n) is 9.21. The standard InChI is InChI=1S/C14H12N2S/c1-3-7-12(8-4-1)14-11-15-16(17-14)13-9-5-2-6-10-13/h1-11,15H. The lowest BCUT2D eigenvalue weighted by Crippen LogP contribution is -2.22. The molecule has 0 fully saturated rings. The maximum absolute atomic E-state index is 3.26. The van der Waals surface area contributed by atoms with E-state index in [1.807, 2.05) is 30.5 Å². The number of nitrogens with zero attached hydrogens (tertiary/aromatic N) is 1. The van der Waals surface area contributed by atoms with E-state index >= 15 is 0 Å². The molecule has 3 heteroatoms. The summed E-state index contributed by atoms with van der Waals surface area (Å²) < 4.78 is 2.06. The van der Waals surface area contributed by atoms with Gasteiger partial charge in [-0.3, -0.25) is 5.43 Å². The quantitative estimate of drug-likeness (QED) is 0.806. The lowest BCUT2D eigenvalue weighted by molar-refractivity contribution is 0.982. The Bertz CT molecular complexity index is 522. The Morgan fingerprint density at radius 1 is 0.824 bits per heavy atom. The van der Waals surface area contributed by atoms with Crippen molar-refractivity contribution in [3.05, 3.63) is 72.4 Å². The largest absolute Gasteiger partial charge is 0.294 e. The van der Waals surface area contributed by atoms with Crippen molar-refractivity contribution in [2.45, 2.75) is 0 Å². The maximum atomic E-state index is 3.26. The fourth-order valence-corrected chi connectivity index (χ4v) is 2.57. The number of rotatable bonds is 2. The lowest BCUT2D eigenvalue weighted by atomic mass is 10.2. The van der Waals surface area contributed by atoms with Crippen LogP contribution in [0, 0.1) is 0 Å². The summed E-state index contributed by atoms with van der Waals surface area (Å²) in [6.07, 6.45) is 2.03. The van der Waals surface area contributed by atoms with Crippen molar-refractivity contribution in [2.75, 3.05) is 4.41 Å². The summed E-state index contributed by atoms with van der Waals surface area (Å²) in [4.78, 5) is 1.23. The SMILES string of the molecule is C1=C(c2ccccc2)SN(c2ccccc2)N1. The molecular weight excluding hydrogens is 228 g/mol. The van der Waals surface area contributed by atoms with Crippen molar-refractivity contribution in [3.8, 4) is 0 Å². The first-order valence-electron chi connectivity index (χ1n) is 5.48. The van der Waals surface area contributed by atoms with Gasteiger partial charge in [0, 0.05) is 18.1 Å². The summed E-state index contributed by atoms with van der Waals surface area (Å²) in [5.74, 6) is 0. The van der Waals surface area contributed by atoms with Crippen LogP contribution in [-0.4, -0.2) is 0 Å². The summed E-state index contributed by atoms with van der Waals surface area (Å²) in [6, 6.07) is 20.7. The highest BCUT2D eigenvalue weighted by Crippen LogP contribution is 2.36. The Morgan fingerprint density at radius 3 is 2.18 bits per heavy atom. The molecule has 0 aliphatic carbocycles. The third kappa shape index (κ3) is 2.15. The molecule has 3 rings (SSSR count). The van der Waals surface area contributed by atoms with Gasteiger partial charge in [0.15, 0.2) is 0 Å². The van der Waals surface area contributed by atoms with Gasteiger partial charge in [-0.25, -0.2) is 4.41 Å². The van der Waals surface area contributed by atoms with Crippen LogP contribution in [0.2, 0.25) is 0 Å². The second-order valence-electron chi connectivity index (χ2n) is 3.72. The number of anilines is 1. The Labute approximate surface area is 105 Å². The van der Waals surface area contributed by atoms with E-state index in [0.29, 0.717) is 0 Å². The van der Waals surface area contributed by atoms with Gasteiger partial charge in [-0.05, 0) is 17.7 Å². The molecule has 1 aliphatic rings. The Balaban J connectivity index is 1.78. The average Bonchev–Trinajstić information content (AvgIpc) is 2.90. The van der Waals surface area contributed by atoms with Gasteiger partial charge in [-0.15, -0.1) is 0 Å². The van der Waals surface area contributed by atoms with Gasteiger partial charge in [0.2, 0.25) is 0 Å². The summed E-state index contributed by atoms with van der Waals surface area (Å²) >= 11 is 1.70. The molecule has 0 aromatic heterocycles. The predicted octanol–water partition coefficient (Wildman–Crippen LogP) is 3.66. The Kier molecular flexibility index (Phi) is 2.76. The van der Waals surface area contributed by atoms with Crippen molar-refractivity contribution in [1.82, 2.24) is 5.43 Å². The van der Waals surface area contributed by atoms with Crippen LogP contribution in [0.4, 0.5) is 5.69 Å². The van der Waals surface area contributed by atoms with E-state index in [4.69, 9.17) is 0 Å². The maximum Gasteiger partial charge on any atom is 0.0704 e. The summed E-state index contributed by atoms with van der Waals surface area (Å²) in [5, 5.41) is 0. The van der Waals surface area contributed by atoms with Crippen molar-refractivity contribution in [2.24, 2.45) is 0 Å². The zero-order chi connectivity index (χ0) is 11.5. The molecule has 0 saturated heterocycles. The van der Waals surface area contributed by atoms with E-state index < -0.39 is 0 Å². The molecule has 84 valence electrons. The fourth-order valence-electron chi connectivity index (χ4n) is 1.70. The molecular formula is C14H12N2S. The number of hydrazine groups is 1. The molecule has 2 aromatic rings. The number of hydrogen-bond donors (Lipinski definition) is 1. The topological polar surface area (TPSA) is 15.3 Å². The van der Waals surface area contributed by atoms with Crippen LogP contribution in [0.3, 0.4) is 0 Å². The summed E-state index contributed by atoms with van der Waals surface area (Å²) in [7, 11) is 0. The minimum Gasteiger partial charge on any atom is -0.294 e. The molecule has 0 amide bonds. The molecule has 0 saturated carbocycles. The summed E-state index contributed by atoms with van der Waals surface area (Å²) in [5.41, 5.74) is 5.65. The van der Waals surface area contributed by atoms with Crippen molar-refractivity contribution in [3.63, 3.8) is 0 Å². The van der Waals surface area contributed by atoms with Gasteiger partial charge < -0.3 is 0 Å². The van der Waals surface area contributed by atoms with Crippen molar-refractivity contribution >= 4 is 22.5 Å². The minimum atomic E-state index is 1.15. The first-order valence-corrected chi connectivity index (χ1v) is 6.26. The lowest BCUT2D eigenvalue weighted by Gasteiger charge is -2.16. The van der Waals surface area contributed by atoms with E-state index in [1.165, 1.54) is 10.5 Å². The molecule has 1 N–H and O–H groups in total. The molecule has 0 spiro atoms. The van der Waals surface area contributed by atoms with Crippen LogP contribution >= 0.6 is 11.9 Å². The first kappa shape index (κ1) is 10.3. The highest BCUT2D eigenvalue weighted by Gasteiger charge is 2.16. The number of para-hydroxylation sites is 1. The first-order chi connectivity index (χ1) is 8.43. The van der Waals surface area contributed by atoms with E-state index in [9.17, 15) is 0 Å². The van der Waals surface area contributed by atoms with Crippen LogP contribution < -0.4 is 9.84 Å². The van der Waals surface area contributed by atoms with Crippen LogP contribution in [0.25, 0.3) is 4.91 Å². The second-order valence-corrected chi connectivity index (χ2v) is 4.71. The molecule has 0 unspecified atom stereocenters. The van der Waals surface area contributed by atoms with E-state index in [1.54, 1.807) is 11.9 Å². The van der Waals surface area contributed by atoms with Crippen LogP contribution in [-0.2, 0) is 0 Å². The third-order valence-electron chi connectivity index (χ3n) is 2.55. The summed E-state index contributed by atoms with van der Waals surface area (Å²) in [6.45, 7) is 0. The number of nitrogens with one attached hydrogen (secondary N) is 1. The molecule has 2 nitrogen and oxygen atoms in total. The predicted molar refractivity (Wildman–Crippen MR) is 74.1 cm³/mol. The Hall–Kier alpha value is -1.87. The molecule has 1 aliphatic heterocycles.